The van der Waals surface area contributed by atoms with Gasteiger partial charge in [-0.05, 0) is 42.5 Å². The molecule has 0 radical (unpaired) electrons. The van der Waals surface area contributed by atoms with Gasteiger partial charge in [-0.25, -0.2) is 4.39 Å². The minimum atomic E-state index is -0.353. The van der Waals surface area contributed by atoms with Crippen LogP contribution in [0.4, 0.5) is 15.8 Å². The zero-order valence-electron chi connectivity index (χ0n) is 9.78. The number of para-hydroxylation sites is 1. The van der Waals surface area contributed by atoms with Gasteiger partial charge in [-0.15, -0.1) is 0 Å². The highest BCUT2D eigenvalue weighted by atomic mass is 79.9. The van der Waals surface area contributed by atoms with Crippen LogP contribution in [0, 0.1) is 5.82 Å². The smallest absolute Gasteiger partial charge is 0.189 e. The Labute approximate surface area is 124 Å². The van der Waals surface area contributed by atoms with Crippen molar-refractivity contribution in [2.24, 2.45) is 0 Å². The number of benzene rings is 2. The molecule has 3 nitrogen and oxygen atoms in total. The van der Waals surface area contributed by atoms with Crippen LogP contribution in [0.5, 0.6) is 0 Å². The molecule has 2 rings (SSSR count). The lowest BCUT2D eigenvalue weighted by atomic mass is 10.3. The number of anilines is 2. The van der Waals surface area contributed by atoms with Gasteiger partial charge in [0.25, 0.3) is 0 Å². The number of hydrogen-bond acceptors (Lipinski definition) is 2. The van der Waals surface area contributed by atoms with Crippen LogP contribution in [0.15, 0.2) is 53.0 Å². The van der Waals surface area contributed by atoms with Crippen LogP contribution in [0.1, 0.15) is 0 Å². The van der Waals surface area contributed by atoms with Crippen molar-refractivity contribution >= 4 is 44.6 Å². The zero-order valence-corrected chi connectivity index (χ0v) is 12.2. The second kappa shape index (κ2) is 6.49. The Kier molecular flexibility index (Phi) is 4.70. The standard InChI is InChI=1S/C13H11BrFN3S/c14-9-4-3-5-10(8-9)17-18-13(19)16-12-7-2-1-6-11(12)15/h1-8,17H,(H2,16,18,19). The number of halogens is 2. The van der Waals surface area contributed by atoms with Crippen LogP contribution in [0.3, 0.4) is 0 Å². The maximum Gasteiger partial charge on any atom is 0.189 e. The van der Waals surface area contributed by atoms with Crippen molar-refractivity contribution in [2.75, 3.05) is 10.7 Å². The van der Waals surface area contributed by atoms with E-state index >= 15 is 0 Å². The summed E-state index contributed by atoms with van der Waals surface area (Å²) in [4.78, 5) is 0. The Balaban J connectivity index is 1.90. The van der Waals surface area contributed by atoms with Crippen molar-refractivity contribution in [3.8, 4) is 0 Å². The monoisotopic (exact) mass is 339 g/mol. The van der Waals surface area contributed by atoms with Crippen LogP contribution in [-0.4, -0.2) is 5.11 Å². The molecule has 0 fully saturated rings. The van der Waals surface area contributed by atoms with E-state index in [-0.39, 0.29) is 10.9 Å². The van der Waals surface area contributed by atoms with Crippen LogP contribution in [-0.2, 0) is 0 Å². The van der Waals surface area contributed by atoms with Crippen LogP contribution in [0.25, 0.3) is 0 Å². The molecular weight excluding hydrogens is 329 g/mol. The van der Waals surface area contributed by atoms with Crippen molar-refractivity contribution in [1.82, 2.24) is 5.43 Å². The third-order valence-electron chi connectivity index (χ3n) is 2.27. The zero-order chi connectivity index (χ0) is 13.7. The Morgan fingerprint density at radius 3 is 2.63 bits per heavy atom. The summed E-state index contributed by atoms with van der Waals surface area (Å²) in [5.41, 5.74) is 6.87. The average molecular weight is 340 g/mol. The van der Waals surface area contributed by atoms with Gasteiger partial charge in [0.15, 0.2) is 5.11 Å². The lowest BCUT2D eigenvalue weighted by molar-refractivity contribution is 0.632. The molecule has 0 aliphatic carbocycles. The van der Waals surface area contributed by atoms with Crippen LogP contribution >= 0.6 is 28.1 Å². The van der Waals surface area contributed by atoms with E-state index in [9.17, 15) is 4.39 Å². The van der Waals surface area contributed by atoms with E-state index in [4.69, 9.17) is 12.2 Å². The summed E-state index contributed by atoms with van der Waals surface area (Å²) in [6.07, 6.45) is 0. The molecule has 0 saturated heterocycles. The fraction of sp³-hybridized carbons (Fsp3) is 0. The fourth-order valence-electron chi connectivity index (χ4n) is 1.41. The maximum atomic E-state index is 13.4. The lowest BCUT2D eigenvalue weighted by Crippen LogP contribution is -2.33. The van der Waals surface area contributed by atoms with Gasteiger partial charge in [-0.2, -0.15) is 0 Å². The topological polar surface area (TPSA) is 36.1 Å². The van der Waals surface area contributed by atoms with Gasteiger partial charge in [-0.1, -0.05) is 34.1 Å². The molecule has 0 aromatic heterocycles. The van der Waals surface area contributed by atoms with Crippen molar-refractivity contribution in [2.45, 2.75) is 0 Å². The molecule has 98 valence electrons. The second-order valence-electron chi connectivity index (χ2n) is 3.69. The Bertz CT molecular complexity index is 592. The molecule has 0 heterocycles. The first kappa shape index (κ1) is 13.8. The molecule has 2 aromatic rings. The van der Waals surface area contributed by atoms with Crippen LogP contribution in [0.2, 0.25) is 0 Å². The first-order valence-corrected chi connectivity index (χ1v) is 6.68. The van der Waals surface area contributed by atoms with E-state index in [0.717, 1.165) is 10.2 Å². The quantitative estimate of drug-likeness (QED) is 0.585. The molecule has 0 bridgehead atoms. The molecular formula is C13H11BrFN3S. The van der Waals surface area contributed by atoms with Gasteiger partial charge in [0.1, 0.15) is 5.82 Å². The maximum absolute atomic E-state index is 13.4. The molecule has 19 heavy (non-hydrogen) atoms. The fourth-order valence-corrected chi connectivity index (χ4v) is 1.97. The van der Waals surface area contributed by atoms with E-state index in [1.54, 1.807) is 18.2 Å². The summed E-state index contributed by atoms with van der Waals surface area (Å²) < 4.78 is 14.3. The average Bonchev–Trinajstić information content (AvgIpc) is 2.39. The third kappa shape index (κ3) is 4.18. The van der Waals surface area contributed by atoms with Gasteiger partial charge < -0.3 is 5.32 Å². The summed E-state index contributed by atoms with van der Waals surface area (Å²) in [7, 11) is 0. The number of rotatable bonds is 3. The van der Waals surface area contributed by atoms with Gasteiger partial charge in [-0.3, -0.25) is 10.9 Å². The number of hydrogen-bond donors (Lipinski definition) is 3. The van der Waals surface area contributed by atoms with Crippen molar-refractivity contribution < 1.29 is 4.39 Å². The van der Waals surface area contributed by atoms with Gasteiger partial charge in [0.2, 0.25) is 0 Å². The molecule has 6 heteroatoms. The van der Waals surface area contributed by atoms with Crippen molar-refractivity contribution in [1.29, 1.82) is 0 Å². The summed E-state index contributed by atoms with van der Waals surface area (Å²) in [6.45, 7) is 0. The van der Waals surface area contributed by atoms with Crippen molar-refractivity contribution in [3.05, 3.63) is 58.8 Å². The number of nitrogens with one attached hydrogen (secondary N) is 3. The Morgan fingerprint density at radius 2 is 1.89 bits per heavy atom. The highest BCUT2D eigenvalue weighted by Crippen LogP contribution is 2.15. The minimum absolute atomic E-state index is 0.282. The van der Waals surface area contributed by atoms with E-state index in [0.29, 0.717) is 5.69 Å². The molecule has 0 unspecified atom stereocenters. The van der Waals surface area contributed by atoms with Gasteiger partial charge in [0.05, 0.1) is 11.4 Å². The number of thiocarbonyl (C=S) groups is 1. The first-order chi connectivity index (χ1) is 9.15. The Morgan fingerprint density at radius 1 is 1.11 bits per heavy atom. The molecule has 3 N–H and O–H groups in total. The summed E-state index contributed by atoms with van der Waals surface area (Å²) >= 11 is 8.43. The largest absolute Gasteiger partial charge is 0.329 e. The summed E-state index contributed by atoms with van der Waals surface area (Å²) in [6, 6.07) is 13.9. The van der Waals surface area contributed by atoms with E-state index in [1.165, 1.54) is 6.07 Å². The predicted molar refractivity (Wildman–Crippen MR) is 83.5 cm³/mol. The Hall–Kier alpha value is -1.66. The van der Waals surface area contributed by atoms with Gasteiger partial charge >= 0.3 is 0 Å². The van der Waals surface area contributed by atoms with Gasteiger partial charge in [0, 0.05) is 4.47 Å². The number of hydrazine groups is 1. The molecule has 0 spiro atoms. The lowest BCUT2D eigenvalue weighted by Gasteiger charge is -2.13. The minimum Gasteiger partial charge on any atom is -0.329 e. The third-order valence-corrected chi connectivity index (χ3v) is 2.96. The van der Waals surface area contributed by atoms with E-state index < -0.39 is 0 Å². The highest BCUT2D eigenvalue weighted by molar-refractivity contribution is 9.10. The molecule has 0 atom stereocenters. The molecule has 2 aromatic carbocycles. The first-order valence-electron chi connectivity index (χ1n) is 5.48. The molecule has 0 amide bonds. The second-order valence-corrected chi connectivity index (χ2v) is 5.02. The highest BCUT2D eigenvalue weighted by Gasteiger charge is 2.02. The molecule has 0 aliphatic rings. The summed E-state index contributed by atoms with van der Waals surface area (Å²) in [5.74, 6) is -0.353. The normalized spacial score (nSPS) is 9.79. The van der Waals surface area contributed by atoms with Crippen molar-refractivity contribution in [3.63, 3.8) is 0 Å². The predicted octanol–water partition coefficient (Wildman–Crippen LogP) is 3.90. The summed E-state index contributed by atoms with van der Waals surface area (Å²) in [5, 5.41) is 3.05. The van der Waals surface area contributed by atoms with E-state index in [1.807, 2.05) is 24.3 Å². The molecule has 0 aliphatic heterocycles. The molecule has 0 saturated carbocycles. The SMILES string of the molecule is Fc1ccccc1NC(=S)NNc1cccc(Br)c1. The van der Waals surface area contributed by atoms with Crippen LogP contribution < -0.4 is 16.2 Å². The van der Waals surface area contributed by atoms with E-state index in [2.05, 4.69) is 32.1 Å².